The highest BCUT2D eigenvalue weighted by Gasteiger charge is 2.19. The highest BCUT2D eigenvalue weighted by Crippen LogP contribution is 2.22. The number of benzene rings is 1. The van der Waals surface area contributed by atoms with Gasteiger partial charge in [0.15, 0.2) is 0 Å². The zero-order valence-electron chi connectivity index (χ0n) is 12.5. The van der Waals surface area contributed by atoms with Gasteiger partial charge in [0.1, 0.15) is 5.82 Å². The Bertz CT molecular complexity index is 379. The fourth-order valence-electron chi connectivity index (χ4n) is 2.22. The van der Waals surface area contributed by atoms with Crippen LogP contribution in [0.1, 0.15) is 32.3 Å². The molecule has 0 saturated heterocycles. The average molecular weight is 267 g/mol. The number of rotatable bonds is 8. The summed E-state index contributed by atoms with van der Waals surface area (Å²) in [6, 6.07) is 6.89. The number of hydrogen-bond acceptors (Lipinski definition) is 2. The van der Waals surface area contributed by atoms with Gasteiger partial charge < -0.3 is 10.1 Å². The van der Waals surface area contributed by atoms with Gasteiger partial charge in [-0.15, -0.1) is 0 Å². The van der Waals surface area contributed by atoms with Crippen molar-refractivity contribution in [3.05, 3.63) is 35.6 Å². The minimum atomic E-state index is -0.155. The van der Waals surface area contributed by atoms with Gasteiger partial charge in [-0.1, -0.05) is 12.1 Å². The predicted octanol–water partition coefficient (Wildman–Crippen LogP) is 3.41. The van der Waals surface area contributed by atoms with Crippen LogP contribution in [-0.4, -0.2) is 26.3 Å². The Kier molecular flexibility index (Phi) is 6.46. The topological polar surface area (TPSA) is 21.3 Å². The van der Waals surface area contributed by atoms with Crippen molar-refractivity contribution >= 4 is 0 Å². The van der Waals surface area contributed by atoms with E-state index < -0.39 is 0 Å². The van der Waals surface area contributed by atoms with Gasteiger partial charge in [0.05, 0.1) is 5.60 Å². The van der Waals surface area contributed by atoms with Crippen LogP contribution in [0.3, 0.4) is 0 Å². The third-order valence-corrected chi connectivity index (χ3v) is 3.61. The second-order valence-electron chi connectivity index (χ2n) is 5.76. The Hall–Kier alpha value is -0.930. The van der Waals surface area contributed by atoms with Crippen molar-refractivity contribution in [3.63, 3.8) is 0 Å². The Morgan fingerprint density at radius 1 is 1.37 bits per heavy atom. The van der Waals surface area contributed by atoms with Gasteiger partial charge in [-0.25, -0.2) is 4.39 Å². The third-order valence-electron chi connectivity index (χ3n) is 3.61. The third kappa shape index (κ3) is 6.17. The minimum Gasteiger partial charge on any atom is -0.379 e. The molecule has 0 aliphatic carbocycles. The first-order chi connectivity index (χ1) is 8.96. The molecule has 0 amide bonds. The van der Waals surface area contributed by atoms with Crippen molar-refractivity contribution in [2.75, 3.05) is 20.7 Å². The van der Waals surface area contributed by atoms with E-state index in [1.165, 1.54) is 6.07 Å². The van der Waals surface area contributed by atoms with E-state index in [4.69, 9.17) is 4.74 Å². The number of ether oxygens (including phenoxy) is 1. The molecule has 1 atom stereocenters. The first-order valence-corrected chi connectivity index (χ1v) is 6.91. The monoisotopic (exact) mass is 267 g/mol. The molecule has 0 aliphatic heterocycles. The van der Waals surface area contributed by atoms with Crippen LogP contribution < -0.4 is 5.32 Å². The van der Waals surface area contributed by atoms with Crippen LogP contribution in [0.5, 0.6) is 0 Å². The molecule has 0 radical (unpaired) electrons. The average Bonchev–Trinajstić information content (AvgIpc) is 2.36. The highest BCUT2D eigenvalue weighted by atomic mass is 19.1. The van der Waals surface area contributed by atoms with Gasteiger partial charge in [0.25, 0.3) is 0 Å². The van der Waals surface area contributed by atoms with E-state index in [1.54, 1.807) is 19.2 Å². The summed E-state index contributed by atoms with van der Waals surface area (Å²) in [6.45, 7) is 5.15. The lowest BCUT2D eigenvalue weighted by Crippen LogP contribution is -2.27. The number of hydrogen-bond donors (Lipinski definition) is 1. The largest absolute Gasteiger partial charge is 0.379 e. The zero-order valence-corrected chi connectivity index (χ0v) is 12.5. The molecule has 0 aliphatic rings. The number of nitrogens with one attached hydrogen (secondary N) is 1. The second kappa shape index (κ2) is 7.61. The molecule has 0 fully saturated rings. The molecule has 3 heteroatoms. The van der Waals surface area contributed by atoms with Gasteiger partial charge in [0.2, 0.25) is 0 Å². The molecular formula is C16H26FNO. The molecule has 0 aromatic heterocycles. The van der Waals surface area contributed by atoms with Crippen LogP contribution in [0.4, 0.5) is 4.39 Å². The van der Waals surface area contributed by atoms with Gasteiger partial charge in [0, 0.05) is 7.11 Å². The van der Waals surface area contributed by atoms with E-state index in [2.05, 4.69) is 19.2 Å². The number of methoxy groups -OCH3 is 1. The van der Waals surface area contributed by atoms with E-state index in [9.17, 15) is 4.39 Å². The van der Waals surface area contributed by atoms with Crippen LogP contribution in [0, 0.1) is 11.7 Å². The van der Waals surface area contributed by atoms with Crippen molar-refractivity contribution in [3.8, 4) is 0 Å². The first-order valence-electron chi connectivity index (χ1n) is 6.91. The van der Waals surface area contributed by atoms with Crippen molar-refractivity contribution in [1.29, 1.82) is 0 Å². The van der Waals surface area contributed by atoms with E-state index >= 15 is 0 Å². The molecule has 1 aromatic carbocycles. The van der Waals surface area contributed by atoms with Crippen LogP contribution in [0.2, 0.25) is 0 Å². The summed E-state index contributed by atoms with van der Waals surface area (Å²) >= 11 is 0. The minimum absolute atomic E-state index is 0.0894. The lowest BCUT2D eigenvalue weighted by Gasteiger charge is -2.26. The zero-order chi connectivity index (χ0) is 14.3. The van der Waals surface area contributed by atoms with Crippen LogP contribution in [0.15, 0.2) is 24.3 Å². The van der Waals surface area contributed by atoms with E-state index in [1.807, 2.05) is 13.1 Å². The summed E-state index contributed by atoms with van der Waals surface area (Å²) in [6.07, 6.45) is 2.97. The summed E-state index contributed by atoms with van der Waals surface area (Å²) in [4.78, 5) is 0. The van der Waals surface area contributed by atoms with Crippen molar-refractivity contribution in [2.24, 2.45) is 5.92 Å². The van der Waals surface area contributed by atoms with Crippen molar-refractivity contribution in [1.82, 2.24) is 5.32 Å². The maximum atomic E-state index is 13.2. The van der Waals surface area contributed by atoms with Gasteiger partial charge in [-0.2, -0.15) is 0 Å². The summed E-state index contributed by atoms with van der Waals surface area (Å²) < 4.78 is 18.7. The summed E-state index contributed by atoms with van der Waals surface area (Å²) in [7, 11) is 3.71. The molecule has 0 saturated carbocycles. The maximum absolute atomic E-state index is 13.2. The van der Waals surface area contributed by atoms with E-state index in [0.717, 1.165) is 31.4 Å². The smallest absolute Gasteiger partial charge is 0.123 e. The van der Waals surface area contributed by atoms with Crippen molar-refractivity contribution in [2.45, 2.75) is 38.7 Å². The summed E-state index contributed by atoms with van der Waals surface area (Å²) in [5, 5.41) is 3.22. The van der Waals surface area contributed by atoms with Crippen LogP contribution in [-0.2, 0) is 11.2 Å². The van der Waals surface area contributed by atoms with Gasteiger partial charge >= 0.3 is 0 Å². The Morgan fingerprint density at radius 2 is 2.11 bits per heavy atom. The fourth-order valence-corrected chi connectivity index (χ4v) is 2.22. The normalized spacial score (nSPS) is 13.5. The molecule has 1 aromatic rings. The molecule has 108 valence electrons. The molecule has 2 nitrogen and oxygen atoms in total. The molecule has 19 heavy (non-hydrogen) atoms. The molecular weight excluding hydrogens is 241 g/mol. The summed E-state index contributed by atoms with van der Waals surface area (Å²) in [5.41, 5.74) is 0.976. The van der Waals surface area contributed by atoms with Crippen molar-refractivity contribution < 1.29 is 9.13 Å². The maximum Gasteiger partial charge on any atom is 0.123 e. The number of halogens is 1. The molecule has 1 rings (SSSR count). The molecule has 0 spiro atoms. The predicted molar refractivity (Wildman–Crippen MR) is 77.8 cm³/mol. The summed E-state index contributed by atoms with van der Waals surface area (Å²) in [5.74, 6) is 0.346. The molecule has 0 bridgehead atoms. The Labute approximate surface area is 116 Å². The van der Waals surface area contributed by atoms with Gasteiger partial charge in [-0.05, 0) is 70.3 Å². The van der Waals surface area contributed by atoms with Gasteiger partial charge in [-0.3, -0.25) is 0 Å². The Balaban J connectivity index is 2.57. The highest BCUT2D eigenvalue weighted by molar-refractivity contribution is 5.16. The molecule has 0 heterocycles. The first kappa shape index (κ1) is 16.1. The SMILES string of the molecule is CNCC(CCC(C)(C)OC)Cc1cccc(F)c1. The quantitative estimate of drug-likeness (QED) is 0.779. The lowest BCUT2D eigenvalue weighted by molar-refractivity contribution is 0.0104. The molecule has 1 N–H and O–H groups in total. The van der Waals surface area contributed by atoms with E-state index in [0.29, 0.717) is 5.92 Å². The second-order valence-corrected chi connectivity index (χ2v) is 5.76. The standard InChI is InChI=1S/C16H26FNO/c1-16(2,19-4)9-8-14(12-18-3)10-13-6-5-7-15(17)11-13/h5-7,11,14,18H,8-10,12H2,1-4H3. The lowest BCUT2D eigenvalue weighted by atomic mass is 9.90. The fraction of sp³-hybridized carbons (Fsp3) is 0.625. The van der Waals surface area contributed by atoms with E-state index in [-0.39, 0.29) is 11.4 Å². The molecule has 1 unspecified atom stereocenters. The van der Waals surface area contributed by atoms with Crippen LogP contribution >= 0.6 is 0 Å². The Morgan fingerprint density at radius 3 is 2.68 bits per heavy atom. The van der Waals surface area contributed by atoms with Crippen LogP contribution in [0.25, 0.3) is 0 Å².